The minimum absolute atomic E-state index is 0.0620. The molecule has 2 N–H and O–H groups in total. The average molecular weight is 233 g/mol. The van der Waals surface area contributed by atoms with Gasteiger partial charge in [0.15, 0.2) is 0 Å². The number of rotatable bonds is 3. The normalized spacial score (nSPS) is 10.0. The van der Waals surface area contributed by atoms with E-state index in [1.165, 1.54) is 0 Å². The lowest BCUT2D eigenvalue weighted by molar-refractivity contribution is 0.101. The van der Waals surface area contributed by atoms with Crippen molar-refractivity contribution in [3.05, 3.63) is 29.9 Å². The quantitative estimate of drug-likeness (QED) is 0.823. The molecule has 0 aliphatic heterocycles. The number of nitrogens with one attached hydrogen (secondary N) is 2. The van der Waals surface area contributed by atoms with Gasteiger partial charge in [0.05, 0.1) is 11.9 Å². The van der Waals surface area contributed by atoms with Gasteiger partial charge in [-0.2, -0.15) is 0 Å². The van der Waals surface area contributed by atoms with Crippen molar-refractivity contribution >= 4 is 17.6 Å². The molecule has 2 aromatic heterocycles. The molecule has 0 spiro atoms. The van der Waals surface area contributed by atoms with E-state index in [4.69, 9.17) is 4.42 Å². The van der Waals surface area contributed by atoms with Crippen LogP contribution < -0.4 is 10.6 Å². The molecule has 0 aliphatic carbocycles. The first kappa shape index (κ1) is 11.1. The summed E-state index contributed by atoms with van der Waals surface area (Å²) < 4.78 is 5.03. The minimum Gasteiger partial charge on any atom is -0.408 e. The summed E-state index contributed by atoms with van der Waals surface area (Å²) in [5.41, 5.74) is 1.11. The van der Waals surface area contributed by atoms with Crippen LogP contribution in [0, 0.1) is 6.92 Å². The Morgan fingerprint density at radius 1 is 1.35 bits per heavy atom. The Morgan fingerprint density at radius 3 is 2.71 bits per heavy atom. The maximum atomic E-state index is 11.7. The van der Waals surface area contributed by atoms with Crippen LogP contribution in [0.4, 0.5) is 11.7 Å². The van der Waals surface area contributed by atoms with E-state index in [1.54, 1.807) is 32.3 Å². The number of hydrogen-bond donors (Lipinski definition) is 2. The number of aryl methyl sites for hydroxylation is 1. The molecule has 0 radical (unpaired) electrons. The van der Waals surface area contributed by atoms with E-state index >= 15 is 0 Å². The Morgan fingerprint density at radius 2 is 2.18 bits per heavy atom. The van der Waals surface area contributed by atoms with Crippen molar-refractivity contribution in [1.29, 1.82) is 0 Å². The predicted octanol–water partition coefficient (Wildman–Crippen LogP) is 1.07. The van der Waals surface area contributed by atoms with Gasteiger partial charge in [-0.15, -0.1) is 5.10 Å². The van der Waals surface area contributed by atoms with Gasteiger partial charge < -0.3 is 9.73 Å². The number of anilines is 2. The number of nitrogens with zero attached hydrogens (tertiary/aromatic N) is 3. The fourth-order valence-corrected chi connectivity index (χ4v) is 1.18. The first-order valence-corrected chi connectivity index (χ1v) is 4.94. The van der Waals surface area contributed by atoms with Crippen LogP contribution in [0.1, 0.15) is 16.4 Å². The molecule has 1 amide bonds. The SMILES string of the molecule is CNc1ccc(C(=O)Nc2nnc(C)o2)nc1. The third-order valence-corrected chi connectivity index (χ3v) is 2.03. The lowest BCUT2D eigenvalue weighted by atomic mass is 10.3. The fourth-order valence-electron chi connectivity index (χ4n) is 1.18. The van der Waals surface area contributed by atoms with Gasteiger partial charge in [-0.3, -0.25) is 10.1 Å². The molecule has 0 saturated carbocycles. The van der Waals surface area contributed by atoms with E-state index in [0.717, 1.165) is 5.69 Å². The Bertz CT molecular complexity index is 520. The van der Waals surface area contributed by atoms with Crippen LogP contribution in [0.2, 0.25) is 0 Å². The van der Waals surface area contributed by atoms with Gasteiger partial charge in [-0.05, 0) is 12.1 Å². The summed E-state index contributed by atoms with van der Waals surface area (Å²) in [6.07, 6.45) is 1.56. The van der Waals surface area contributed by atoms with Crippen LogP contribution in [0.25, 0.3) is 0 Å². The van der Waals surface area contributed by atoms with Crippen molar-refractivity contribution in [3.63, 3.8) is 0 Å². The zero-order chi connectivity index (χ0) is 12.3. The minimum atomic E-state index is -0.392. The first-order chi connectivity index (χ1) is 8.19. The van der Waals surface area contributed by atoms with Crippen LogP contribution in [0.5, 0.6) is 0 Å². The molecular formula is C10H11N5O2. The molecule has 7 nitrogen and oxygen atoms in total. The number of aromatic nitrogens is 3. The molecule has 2 rings (SSSR count). The molecule has 0 saturated heterocycles. The van der Waals surface area contributed by atoms with Crippen molar-refractivity contribution in [2.75, 3.05) is 17.7 Å². The lowest BCUT2D eigenvalue weighted by Gasteiger charge is -2.01. The third-order valence-electron chi connectivity index (χ3n) is 2.03. The van der Waals surface area contributed by atoms with Crippen molar-refractivity contribution in [3.8, 4) is 0 Å². The van der Waals surface area contributed by atoms with E-state index in [0.29, 0.717) is 5.89 Å². The second-order valence-electron chi connectivity index (χ2n) is 3.26. The second-order valence-corrected chi connectivity index (χ2v) is 3.26. The van der Waals surface area contributed by atoms with Gasteiger partial charge in [0.25, 0.3) is 5.91 Å². The van der Waals surface area contributed by atoms with E-state index in [1.807, 2.05) is 0 Å². The monoisotopic (exact) mass is 233 g/mol. The topological polar surface area (TPSA) is 92.9 Å². The fraction of sp³-hybridized carbons (Fsp3) is 0.200. The maximum Gasteiger partial charge on any atom is 0.322 e. The van der Waals surface area contributed by atoms with Crippen LogP contribution in [-0.4, -0.2) is 28.1 Å². The average Bonchev–Trinajstić information content (AvgIpc) is 2.75. The van der Waals surface area contributed by atoms with E-state index in [9.17, 15) is 4.79 Å². The highest BCUT2D eigenvalue weighted by atomic mass is 16.4. The molecule has 0 bridgehead atoms. The number of hydrogen-bond acceptors (Lipinski definition) is 6. The second kappa shape index (κ2) is 4.60. The molecule has 88 valence electrons. The standard InChI is InChI=1S/C10H11N5O2/c1-6-14-15-10(17-6)13-9(16)8-4-3-7(11-2)5-12-8/h3-5,11H,1-2H3,(H,13,15,16). The Labute approximate surface area is 97.3 Å². The maximum absolute atomic E-state index is 11.7. The van der Waals surface area contributed by atoms with Crippen molar-refractivity contribution < 1.29 is 9.21 Å². The van der Waals surface area contributed by atoms with E-state index < -0.39 is 5.91 Å². The zero-order valence-electron chi connectivity index (χ0n) is 9.39. The number of pyridine rings is 1. The molecule has 17 heavy (non-hydrogen) atoms. The van der Waals surface area contributed by atoms with E-state index in [2.05, 4.69) is 25.8 Å². The summed E-state index contributed by atoms with van der Waals surface area (Å²) in [7, 11) is 1.78. The van der Waals surface area contributed by atoms with Gasteiger partial charge >= 0.3 is 6.01 Å². The first-order valence-electron chi connectivity index (χ1n) is 4.94. The van der Waals surface area contributed by atoms with Gasteiger partial charge in [0, 0.05) is 14.0 Å². The van der Waals surface area contributed by atoms with Crippen LogP contribution in [-0.2, 0) is 0 Å². The van der Waals surface area contributed by atoms with Gasteiger partial charge in [0.2, 0.25) is 5.89 Å². The van der Waals surface area contributed by atoms with Gasteiger partial charge in [-0.1, -0.05) is 5.10 Å². The third kappa shape index (κ3) is 2.57. The summed E-state index contributed by atoms with van der Waals surface area (Å²) in [6.45, 7) is 1.64. The molecule has 7 heteroatoms. The zero-order valence-corrected chi connectivity index (χ0v) is 9.39. The van der Waals surface area contributed by atoms with Crippen molar-refractivity contribution in [2.45, 2.75) is 6.92 Å². The number of carbonyl (C=O) groups is 1. The molecule has 2 heterocycles. The molecule has 0 unspecified atom stereocenters. The molecule has 0 fully saturated rings. The molecular weight excluding hydrogens is 222 g/mol. The summed E-state index contributed by atoms with van der Waals surface area (Å²) in [5.74, 6) is -0.00454. The van der Waals surface area contributed by atoms with Crippen LogP contribution >= 0.6 is 0 Å². The number of amides is 1. The summed E-state index contributed by atoms with van der Waals surface area (Å²) in [4.78, 5) is 15.7. The Kier molecular flexibility index (Phi) is 2.99. The van der Waals surface area contributed by atoms with Crippen LogP contribution in [0.15, 0.2) is 22.7 Å². The summed E-state index contributed by atoms with van der Waals surface area (Å²) >= 11 is 0. The van der Waals surface area contributed by atoms with Crippen LogP contribution in [0.3, 0.4) is 0 Å². The largest absolute Gasteiger partial charge is 0.408 e. The molecule has 2 aromatic rings. The predicted molar refractivity (Wildman–Crippen MR) is 60.8 cm³/mol. The number of carbonyl (C=O) groups excluding carboxylic acids is 1. The highest BCUT2D eigenvalue weighted by Crippen LogP contribution is 2.08. The van der Waals surface area contributed by atoms with Crippen molar-refractivity contribution in [2.24, 2.45) is 0 Å². The summed E-state index contributed by atoms with van der Waals surface area (Å²) in [6, 6.07) is 3.41. The summed E-state index contributed by atoms with van der Waals surface area (Å²) in [5, 5.41) is 12.6. The van der Waals surface area contributed by atoms with Gasteiger partial charge in [-0.25, -0.2) is 4.98 Å². The van der Waals surface area contributed by atoms with E-state index in [-0.39, 0.29) is 11.7 Å². The molecule has 0 aliphatic rings. The van der Waals surface area contributed by atoms with Crippen molar-refractivity contribution in [1.82, 2.24) is 15.2 Å². The Balaban J connectivity index is 2.09. The van der Waals surface area contributed by atoms with Gasteiger partial charge in [0.1, 0.15) is 5.69 Å². The Hall–Kier alpha value is -2.44. The lowest BCUT2D eigenvalue weighted by Crippen LogP contribution is -2.13. The highest BCUT2D eigenvalue weighted by Gasteiger charge is 2.11. The smallest absolute Gasteiger partial charge is 0.322 e. The molecule has 0 aromatic carbocycles. The molecule has 0 atom stereocenters. The highest BCUT2D eigenvalue weighted by molar-refractivity contribution is 6.01.